The van der Waals surface area contributed by atoms with Crippen molar-refractivity contribution in [1.82, 2.24) is 9.97 Å². The molecule has 3 N–H and O–H groups in total. The molecule has 126 valence electrons. The highest BCUT2D eigenvalue weighted by Crippen LogP contribution is 2.21. The first-order chi connectivity index (χ1) is 11.6. The minimum atomic E-state index is -0.383. The summed E-state index contributed by atoms with van der Waals surface area (Å²) >= 11 is 0. The number of aliphatic hydroxyl groups excluding tert-OH is 1. The van der Waals surface area contributed by atoms with Gasteiger partial charge in [0.1, 0.15) is 23.7 Å². The average molecular weight is 330 g/mol. The van der Waals surface area contributed by atoms with E-state index >= 15 is 0 Å². The summed E-state index contributed by atoms with van der Waals surface area (Å²) in [6.07, 6.45) is 4.37. The minimum absolute atomic E-state index is 0.217. The van der Waals surface area contributed by atoms with E-state index in [-0.39, 0.29) is 29.6 Å². The normalized spacial score (nSPS) is 20.4. The topological polar surface area (TPSA) is 87.1 Å². The number of carbonyl (C=O) groups excluding carboxylic acids is 1. The average Bonchev–Trinajstić information content (AvgIpc) is 2.59. The van der Waals surface area contributed by atoms with Crippen LogP contribution >= 0.6 is 0 Å². The Kier molecular flexibility index (Phi) is 5.00. The van der Waals surface area contributed by atoms with Gasteiger partial charge in [0, 0.05) is 17.8 Å². The lowest BCUT2D eigenvalue weighted by Crippen LogP contribution is -2.28. The summed E-state index contributed by atoms with van der Waals surface area (Å²) in [4.78, 5) is 20.4. The second-order valence-electron chi connectivity index (χ2n) is 5.90. The third-order valence-corrected chi connectivity index (χ3v) is 4.05. The second kappa shape index (κ2) is 7.35. The molecule has 1 amide bonds. The molecule has 2 aromatic rings. The molecule has 1 heterocycles. The Morgan fingerprint density at radius 2 is 1.83 bits per heavy atom. The van der Waals surface area contributed by atoms with Crippen LogP contribution in [0.3, 0.4) is 0 Å². The summed E-state index contributed by atoms with van der Waals surface area (Å²) in [6.45, 7) is 0. The van der Waals surface area contributed by atoms with E-state index in [4.69, 9.17) is 0 Å². The number of benzene rings is 1. The Balaban J connectivity index is 1.63. The van der Waals surface area contributed by atoms with Crippen molar-refractivity contribution in [2.24, 2.45) is 0 Å². The van der Waals surface area contributed by atoms with Crippen molar-refractivity contribution in [2.45, 2.75) is 37.8 Å². The molecule has 1 fully saturated rings. The summed E-state index contributed by atoms with van der Waals surface area (Å²) in [6, 6.07) is 7.35. The number of halogens is 1. The highest BCUT2D eigenvalue weighted by atomic mass is 19.1. The van der Waals surface area contributed by atoms with E-state index < -0.39 is 0 Å². The first-order valence-corrected chi connectivity index (χ1v) is 7.94. The molecule has 1 aromatic heterocycles. The molecular formula is C17H19FN4O2. The number of hydrogen-bond donors (Lipinski definition) is 3. The maximum atomic E-state index is 12.9. The molecule has 1 aromatic carbocycles. The van der Waals surface area contributed by atoms with E-state index in [9.17, 15) is 14.3 Å². The summed E-state index contributed by atoms with van der Waals surface area (Å²) in [7, 11) is 0. The molecule has 0 radical (unpaired) electrons. The van der Waals surface area contributed by atoms with Crippen molar-refractivity contribution in [1.29, 1.82) is 0 Å². The zero-order valence-electron chi connectivity index (χ0n) is 13.1. The van der Waals surface area contributed by atoms with Gasteiger partial charge in [-0.1, -0.05) is 0 Å². The van der Waals surface area contributed by atoms with E-state index in [1.807, 2.05) is 0 Å². The number of nitrogens with zero attached hydrogens (tertiary/aromatic N) is 2. The molecular weight excluding hydrogens is 311 g/mol. The van der Waals surface area contributed by atoms with Crippen LogP contribution in [0.4, 0.5) is 15.9 Å². The lowest BCUT2D eigenvalue weighted by molar-refractivity contribution is 0.102. The van der Waals surface area contributed by atoms with Crippen LogP contribution in [0.1, 0.15) is 36.2 Å². The first-order valence-electron chi connectivity index (χ1n) is 7.94. The van der Waals surface area contributed by atoms with E-state index in [2.05, 4.69) is 20.6 Å². The Hall–Kier alpha value is -2.54. The fraction of sp³-hybridized carbons (Fsp3) is 0.353. The van der Waals surface area contributed by atoms with Gasteiger partial charge in [0.05, 0.1) is 6.10 Å². The Morgan fingerprint density at radius 1 is 1.12 bits per heavy atom. The fourth-order valence-electron chi connectivity index (χ4n) is 2.72. The molecule has 0 bridgehead atoms. The van der Waals surface area contributed by atoms with Crippen molar-refractivity contribution in [3.63, 3.8) is 0 Å². The van der Waals surface area contributed by atoms with E-state index in [1.54, 1.807) is 6.07 Å². The molecule has 3 rings (SSSR count). The van der Waals surface area contributed by atoms with Crippen molar-refractivity contribution >= 4 is 17.4 Å². The van der Waals surface area contributed by atoms with Crippen LogP contribution in [0.2, 0.25) is 0 Å². The maximum absolute atomic E-state index is 12.9. The van der Waals surface area contributed by atoms with Gasteiger partial charge in [0.2, 0.25) is 0 Å². The summed E-state index contributed by atoms with van der Waals surface area (Å²) in [5.41, 5.74) is 0.725. The van der Waals surface area contributed by atoms with Crippen LogP contribution in [0, 0.1) is 5.82 Å². The smallest absolute Gasteiger partial charge is 0.274 e. The molecule has 24 heavy (non-hydrogen) atoms. The van der Waals surface area contributed by atoms with E-state index in [0.29, 0.717) is 11.5 Å². The molecule has 6 nitrogen and oxygen atoms in total. The Labute approximate surface area is 139 Å². The number of rotatable bonds is 4. The largest absolute Gasteiger partial charge is 0.393 e. The molecule has 7 heteroatoms. The van der Waals surface area contributed by atoms with Gasteiger partial charge in [0.25, 0.3) is 5.91 Å². The quantitative estimate of drug-likeness (QED) is 0.802. The van der Waals surface area contributed by atoms with E-state index in [0.717, 1.165) is 25.7 Å². The predicted molar refractivity (Wildman–Crippen MR) is 88.3 cm³/mol. The first kappa shape index (κ1) is 16.3. The summed E-state index contributed by atoms with van der Waals surface area (Å²) < 4.78 is 12.9. The number of amides is 1. The third-order valence-electron chi connectivity index (χ3n) is 4.05. The lowest BCUT2D eigenvalue weighted by atomic mass is 9.93. The van der Waals surface area contributed by atoms with Crippen LogP contribution in [-0.2, 0) is 0 Å². The molecule has 0 saturated heterocycles. The van der Waals surface area contributed by atoms with Crippen molar-refractivity contribution in [2.75, 3.05) is 10.6 Å². The van der Waals surface area contributed by atoms with E-state index in [1.165, 1.54) is 30.6 Å². The number of carbonyl (C=O) groups is 1. The highest BCUT2D eigenvalue weighted by Gasteiger charge is 2.20. The van der Waals surface area contributed by atoms with Gasteiger partial charge in [-0.3, -0.25) is 4.79 Å². The van der Waals surface area contributed by atoms with Gasteiger partial charge in [-0.15, -0.1) is 0 Å². The molecule has 0 aliphatic heterocycles. The zero-order chi connectivity index (χ0) is 16.9. The van der Waals surface area contributed by atoms with Crippen LogP contribution < -0.4 is 10.6 Å². The molecule has 1 aliphatic rings. The maximum Gasteiger partial charge on any atom is 0.274 e. The summed E-state index contributed by atoms with van der Waals surface area (Å²) in [5, 5.41) is 15.5. The lowest BCUT2D eigenvalue weighted by Gasteiger charge is -2.26. The van der Waals surface area contributed by atoms with Gasteiger partial charge in [-0.2, -0.15) is 0 Å². The number of hydrogen-bond acceptors (Lipinski definition) is 5. The SMILES string of the molecule is O=C(Nc1ccc(F)cc1)c1cc(NC2CCC(O)CC2)ncn1. The van der Waals surface area contributed by atoms with Crippen LogP contribution in [0.5, 0.6) is 0 Å². The van der Waals surface area contributed by atoms with Gasteiger partial charge < -0.3 is 15.7 Å². The van der Waals surface area contributed by atoms with Gasteiger partial charge >= 0.3 is 0 Å². The highest BCUT2D eigenvalue weighted by molar-refractivity contribution is 6.03. The van der Waals surface area contributed by atoms with Crippen molar-refractivity contribution < 1.29 is 14.3 Å². The van der Waals surface area contributed by atoms with Gasteiger partial charge in [0.15, 0.2) is 0 Å². The number of anilines is 2. The molecule has 0 unspecified atom stereocenters. The molecule has 0 spiro atoms. The van der Waals surface area contributed by atoms with Crippen LogP contribution in [0.15, 0.2) is 36.7 Å². The van der Waals surface area contributed by atoms with Gasteiger partial charge in [-0.25, -0.2) is 14.4 Å². The van der Waals surface area contributed by atoms with Crippen LogP contribution in [-0.4, -0.2) is 33.1 Å². The monoisotopic (exact) mass is 330 g/mol. The number of aliphatic hydroxyl groups is 1. The summed E-state index contributed by atoms with van der Waals surface area (Å²) in [5.74, 6) is -0.166. The molecule has 1 saturated carbocycles. The number of nitrogens with one attached hydrogen (secondary N) is 2. The molecule has 0 atom stereocenters. The Bertz CT molecular complexity index is 700. The van der Waals surface area contributed by atoms with Crippen molar-refractivity contribution in [3.05, 3.63) is 48.2 Å². The number of aromatic nitrogens is 2. The minimum Gasteiger partial charge on any atom is -0.393 e. The standard InChI is InChI=1S/C17H19FN4O2/c18-11-1-3-13(4-2-11)22-17(24)15-9-16(20-10-19-15)21-12-5-7-14(23)8-6-12/h1-4,9-10,12,14,23H,5-8H2,(H,22,24)(H,19,20,21). The Morgan fingerprint density at radius 3 is 2.54 bits per heavy atom. The third kappa shape index (κ3) is 4.26. The fourth-order valence-corrected chi connectivity index (χ4v) is 2.72. The molecule has 1 aliphatic carbocycles. The predicted octanol–water partition coefficient (Wildman–Crippen LogP) is 2.58. The van der Waals surface area contributed by atoms with Gasteiger partial charge in [-0.05, 0) is 49.9 Å². The van der Waals surface area contributed by atoms with Crippen LogP contribution in [0.25, 0.3) is 0 Å². The van der Waals surface area contributed by atoms with Crippen molar-refractivity contribution in [3.8, 4) is 0 Å². The zero-order valence-corrected chi connectivity index (χ0v) is 13.1. The second-order valence-corrected chi connectivity index (χ2v) is 5.90.